The minimum Gasteiger partial charge on any atom is -0.211 e. The van der Waals surface area contributed by atoms with Crippen molar-refractivity contribution in [2.75, 3.05) is 6.54 Å². The quantitative estimate of drug-likeness (QED) is 0.801. The average Bonchev–Trinajstić information content (AvgIpc) is 2.23. The fraction of sp³-hybridized carbons (Fsp3) is 0.455. The highest BCUT2D eigenvalue weighted by Crippen LogP contribution is 2.13. The van der Waals surface area contributed by atoms with Gasteiger partial charge in [-0.1, -0.05) is 19.8 Å². The van der Waals surface area contributed by atoms with Gasteiger partial charge in [0.2, 0.25) is 10.0 Å². The van der Waals surface area contributed by atoms with Crippen molar-refractivity contribution < 1.29 is 17.2 Å². The minimum atomic E-state index is -3.82. The second-order valence-electron chi connectivity index (χ2n) is 3.71. The van der Waals surface area contributed by atoms with E-state index >= 15 is 0 Å². The number of hydrogen-bond acceptors (Lipinski definition) is 2. The van der Waals surface area contributed by atoms with Gasteiger partial charge in [0.05, 0.1) is 4.90 Å². The van der Waals surface area contributed by atoms with Crippen molar-refractivity contribution in [1.82, 2.24) is 4.72 Å². The zero-order valence-corrected chi connectivity index (χ0v) is 10.4. The lowest BCUT2D eigenvalue weighted by Crippen LogP contribution is -2.25. The zero-order chi connectivity index (χ0) is 12.9. The van der Waals surface area contributed by atoms with E-state index in [4.69, 9.17) is 0 Å². The van der Waals surface area contributed by atoms with Crippen LogP contribution in [-0.4, -0.2) is 15.0 Å². The average molecular weight is 263 g/mol. The highest BCUT2D eigenvalue weighted by Gasteiger charge is 2.15. The predicted molar refractivity (Wildman–Crippen MR) is 61.1 cm³/mol. The van der Waals surface area contributed by atoms with Gasteiger partial charge >= 0.3 is 0 Å². The molecule has 0 radical (unpaired) electrons. The number of rotatable bonds is 6. The van der Waals surface area contributed by atoms with E-state index in [9.17, 15) is 17.2 Å². The molecule has 3 nitrogen and oxygen atoms in total. The first kappa shape index (κ1) is 14.1. The molecule has 1 aromatic carbocycles. The third-order valence-corrected chi connectivity index (χ3v) is 3.66. The molecule has 0 heterocycles. The van der Waals surface area contributed by atoms with Crippen molar-refractivity contribution in [1.29, 1.82) is 0 Å². The second kappa shape index (κ2) is 6.07. The van der Waals surface area contributed by atoms with E-state index in [0.717, 1.165) is 25.0 Å². The summed E-state index contributed by atoms with van der Waals surface area (Å²) in [5, 5.41) is 0. The van der Waals surface area contributed by atoms with Crippen LogP contribution in [0.25, 0.3) is 0 Å². The normalized spacial score (nSPS) is 11.7. The zero-order valence-electron chi connectivity index (χ0n) is 9.54. The Balaban J connectivity index is 2.75. The molecule has 17 heavy (non-hydrogen) atoms. The maximum Gasteiger partial charge on any atom is 0.240 e. The summed E-state index contributed by atoms with van der Waals surface area (Å²) >= 11 is 0. The Bertz CT molecular complexity index is 454. The SMILES string of the molecule is CCCCCNS(=O)(=O)c1cc(F)cc(F)c1. The first-order valence-corrected chi connectivity index (χ1v) is 6.90. The Morgan fingerprint density at radius 2 is 1.71 bits per heavy atom. The van der Waals surface area contributed by atoms with Crippen molar-refractivity contribution in [2.24, 2.45) is 0 Å². The third-order valence-electron chi connectivity index (χ3n) is 2.22. The summed E-state index contributed by atoms with van der Waals surface area (Å²) in [5.41, 5.74) is 0. The summed E-state index contributed by atoms with van der Waals surface area (Å²) in [7, 11) is -3.82. The lowest BCUT2D eigenvalue weighted by atomic mass is 10.3. The molecule has 6 heteroatoms. The maximum absolute atomic E-state index is 12.9. The number of benzene rings is 1. The molecular weight excluding hydrogens is 248 g/mol. The molecule has 0 atom stereocenters. The van der Waals surface area contributed by atoms with Crippen LogP contribution in [0.5, 0.6) is 0 Å². The molecule has 0 amide bonds. The lowest BCUT2D eigenvalue weighted by molar-refractivity contribution is 0.559. The summed E-state index contributed by atoms with van der Waals surface area (Å²) in [6, 6.07) is 2.23. The van der Waals surface area contributed by atoms with Crippen LogP contribution in [0, 0.1) is 11.6 Å². The highest BCUT2D eigenvalue weighted by atomic mass is 32.2. The Morgan fingerprint density at radius 3 is 2.24 bits per heavy atom. The number of sulfonamides is 1. The standard InChI is InChI=1S/C11H15F2NO2S/c1-2-3-4-5-14-17(15,16)11-7-9(12)6-10(13)8-11/h6-8,14H,2-5H2,1H3. The lowest BCUT2D eigenvalue weighted by Gasteiger charge is -2.06. The molecule has 1 aromatic rings. The van der Waals surface area contributed by atoms with Crippen LogP contribution >= 0.6 is 0 Å². The molecule has 0 bridgehead atoms. The van der Waals surface area contributed by atoms with Crippen molar-refractivity contribution in [3.8, 4) is 0 Å². The van der Waals surface area contributed by atoms with E-state index in [1.54, 1.807) is 0 Å². The molecule has 0 saturated heterocycles. The molecule has 0 unspecified atom stereocenters. The number of nitrogens with one attached hydrogen (secondary N) is 1. The Kier molecular flexibility index (Phi) is 5.02. The van der Waals surface area contributed by atoms with E-state index < -0.39 is 21.7 Å². The largest absolute Gasteiger partial charge is 0.240 e. The van der Waals surface area contributed by atoms with Crippen LogP contribution in [0.1, 0.15) is 26.2 Å². The van der Waals surface area contributed by atoms with Crippen LogP contribution in [0.2, 0.25) is 0 Å². The Hall–Kier alpha value is -1.01. The molecule has 0 aliphatic carbocycles. The number of unbranched alkanes of at least 4 members (excludes halogenated alkanes) is 2. The van der Waals surface area contributed by atoms with Crippen molar-refractivity contribution in [2.45, 2.75) is 31.1 Å². The molecule has 0 saturated carbocycles. The van der Waals surface area contributed by atoms with Crippen LogP contribution in [0.4, 0.5) is 8.78 Å². The van der Waals surface area contributed by atoms with Gasteiger partial charge in [-0.05, 0) is 18.6 Å². The van der Waals surface area contributed by atoms with E-state index in [0.29, 0.717) is 12.5 Å². The van der Waals surface area contributed by atoms with Crippen LogP contribution < -0.4 is 4.72 Å². The maximum atomic E-state index is 12.9. The van der Waals surface area contributed by atoms with Crippen LogP contribution in [-0.2, 0) is 10.0 Å². The summed E-state index contributed by atoms with van der Waals surface area (Å²) in [4.78, 5) is -0.383. The summed E-state index contributed by atoms with van der Waals surface area (Å²) in [5.74, 6) is -1.81. The van der Waals surface area contributed by atoms with Gasteiger partial charge in [0.1, 0.15) is 11.6 Å². The van der Waals surface area contributed by atoms with E-state index in [1.807, 2.05) is 6.92 Å². The van der Waals surface area contributed by atoms with Crippen LogP contribution in [0.3, 0.4) is 0 Å². The first-order chi connectivity index (χ1) is 7.95. The molecule has 0 aliphatic rings. The van der Waals surface area contributed by atoms with E-state index in [-0.39, 0.29) is 11.4 Å². The molecular formula is C11H15F2NO2S. The molecule has 0 aliphatic heterocycles. The predicted octanol–water partition coefficient (Wildman–Crippen LogP) is 2.43. The van der Waals surface area contributed by atoms with Gasteiger partial charge in [-0.3, -0.25) is 0 Å². The second-order valence-corrected chi connectivity index (χ2v) is 5.48. The molecule has 0 spiro atoms. The summed E-state index contributed by atoms with van der Waals surface area (Å²) in [6.07, 6.45) is 2.57. The van der Waals surface area contributed by atoms with Gasteiger partial charge in [0.15, 0.2) is 0 Å². The van der Waals surface area contributed by atoms with Gasteiger partial charge in [-0.25, -0.2) is 21.9 Å². The van der Waals surface area contributed by atoms with Gasteiger partial charge in [-0.15, -0.1) is 0 Å². The van der Waals surface area contributed by atoms with Gasteiger partial charge in [0.25, 0.3) is 0 Å². The van der Waals surface area contributed by atoms with Crippen molar-refractivity contribution >= 4 is 10.0 Å². The monoisotopic (exact) mass is 263 g/mol. The topological polar surface area (TPSA) is 46.2 Å². The number of hydrogen-bond donors (Lipinski definition) is 1. The van der Waals surface area contributed by atoms with E-state index in [1.165, 1.54) is 0 Å². The first-order valence-electron chi connectivity index (χ1n) is 5.41. The highest BCUT2D eigenvalue weighted by molar-refractivity contribution is 7.89. The smallest absolute Gasteiger partial charge is 0.211 e. The van der Waals surface area contributed by atoms with Crippen molar-refractivity contribution in [3.05, 3.63) is 29.8 Å². The summed E-state index contributed by atoms with van der Waals surface area (Å²) < 4.78 is 51.4. The fourth-order valence-corrected chi connectivity index (χ4v) is 2.46. The van der Waals surface area contributed by atoms with Crippen molar-refractivity contribution in [3.63, 3.8) is 0 Å². The fourth-order valence-electron chi connectivity index (χ4n) is 1.35. The molecule has 0 fully saturated rings. The summed E-state index contributed by atoms with van der Waals surface area (Å²) in [6.45, 7) is 2.27. The van der Waals surface area contributed by atoms with Gasteiger partial charge in [-0.2, -0.15) is 0 Å². The molecule has 1 rings (SSSR count). The third kappa shape index (κ3) is 4.40. The Morgan fingerprint density at radius 1 is 1.12 bits per heavy atom. The Labute approximate surface area is 99.9 Å². The molecule has 0 aromatic heterocycles. The number of halogens is 2. The molecule has 1 N–H and O–H groups in total. The van der Waals surface area contributed by atoms with Gasteiger partial charge in [0, 0.05) is 12.6 Å². The molecule has 96 valence electrons. The minimum absolute atomic E-state index is 0.272. The van der Waals surface area contributed by atoms with Crippen LogP contribution in [0.15, 0.2) is 23.1 Å². The van der Waals surface area contributed by atoms with E-state index in [2.05, 4.69) is 4.72 Å². The van der Waals surface area contributed by atoms with Gasteiger partial charge < -0.3 is 0 Å².